The van der Waals surface area contributed by atoms with Crippen molar-refractivity contribution in [2.75, 3.05) is 0 Å². The molecule has 0 atom stereocenters. The number of fused-ring (bicyclic) bond motifs is 1. The lowest BCUT2D eigenvalue weighted by Gasteiger charge is -2.04. The lowest BCUT2D eigenvalue weighted by atomic mass is 10.5. The molecule has 16 heavy (non-hydrogen) atoms. The van der Waals surface area contributed by atoms with Gasteiger partial charge in [-0.2, -0.15) is 0 Å². The van der Waals surface area contributed by atoms with Gasteiger partial charge < -0.3 is 10.1 Å². The highest BCUT2D eigenvalue weighted by Gasteiger charge is 2.16. The summed E-state index contributed by atoms with van der Waals surface area (Å²) in [6, 6.07) is 0. The average molecular weight is 240 g/mol. The second-order valence-corrected chi connectivity index (χ2v) is 3.65. The molecule has 0 bridgehead atoms. The zero-order valence-corrected chi connectivity index (χ0v) is 9.33. The van der Waals surface area contributed by atoms with E-state index in [1.54, 1.807) is 6.92 Å². The minimum absolute atomic E-state index is 0.0399. The fraction of sp³-hybridized carbons (Fsp3) is 0.250. The molecule has 0 saturated carbocycles. The number of imidazole rings is 1. The SMILES string of the molecule is Cc1nc2c([nH]1)c(=O)n(C)c(=S)n2C(=O)O. The summed E-state index contributed by atoms with van der Waals surface area (Å²) >= 11 is 4.88. The van der Waals surface area contributed by atoms with Gasteiger partial charge in [0.2, 0.25) is 0 Å². The molecular formula is C8H8N4O3S. The highest BCUT2D eigenvalue weighted by atomic mass is 32.1. The van der Waals surface area contributed by atoms with Crippen LogP contribution in [0.4, 0.5) is 4.79 Å². The zero-order valence-electron chi connectivity index (χ0n) is 8.51. The van der Waals surface area contributed by atoms with Crippen molar-refractivity contribution in [1.29, 1.82) is 0 Å². The monoisotopic (exact) mass is 240 g/mol. The molecule has 0 aliphatic rings. The summed E-state index contributed by atoms with van der Waals surface area (Å²) in [5, 5.41) is 9.02. The van der Waals surface area contributed by atoms with Crippen LogP contribution in [0.1, 0.15) is 5.82 Å². The highest BCUT2D eigenvalue weighted by Crippen LogP contribution is 2.07. The van der Waals surface area contributed by atoms with Crippen LogP contribution < -0.4 is 5.56 Å². The number of aromatic amines is 1. The standard InChI is InChI=1S/C8H8N4O3S/c1-3-9-4-5(10-3)12(8(14)15)7(16)11(2)6(4)13/h1-2H3,(H,9,10)(H,14,15). The molecule has 2 aromatic rings. The van der Waals surface area contributed by atoms with Gasteiger partial charge >= 0.3 is 6.09 Å². The molecule has 2 heterocycles. The van der Waals surface area contributed by atoms with Gasteiger partial charge in [0.1, 0.15) is 5.82 Å². The Labute approximate surface area is 94.0 Å². The predicted octanol–water partition coefficient (Wildman–Crippen LogP) is 0.627. The molecule has 0 spiro atoms. The second kappa shape index (κ2) is 3.27. The number of hydrogen-bond acceptors (Lipinski definition) is 4. The Morgan fingerprint density at radius 1 is 1.56 bits per heavy atom. The third-order valence-corrected chi connectivity index (χ3v) is 2.66. The first-order chi connectivity index (χ1) is 7.43. The molecule has 2 N–H and O–H groups in total. The maximum absolute atomic E-state index is 11.8. The molecule has 0 amide bonds. The van der Waals surface area contributed by atoms with Crippen LogP contribution in [0.2, 0.25) is 0 Å². The fourth-order valence-electron chi connectivity index (χ4n) is 1.46. The van der Waals surface area contributed by atoms with E-state index in [1.807, 2.05) is 0 Å². The molecular weight excluding hydrogens is 232 g/mol. The molecule has 8 heteroatoms. The lowest BCUT2D eigenvalue weighted by molar-refractivity contribution is 0.196. The number of rotatable bonds is 0. The number of nitrogens with zero attached hydrogens (tertiary/aromatic N) is 3. The Hall–Kier alpha value is -1.96. The van der Waals surface area contributed by atoms with E-state index in [0.29, 0.717) is 5.82 Å². The van der Waals surface area contributed by atoms with Crippen molar-refractivity contribution in [1.82, 2.24) is 19.1 Å². The van der Waals surface area contributed by atoms with Crippen LogP contribution in [0.3, 0.4) is 0 Å². The normalized spacial score (nSPS) is 10.9. The largest absolute Gasteiger partial charge is 0.464 e. The van der Waals surface area contributed by atoms with Crippen molar-refractivity contribution >= 4 is 29.5 Å². The van der Waals surface area contributed by atoms with Gasteiger partial charge in [0.15, 0.2) is 15.9 Å². The van der Waals surface area contributed by atoms with E-state index >= 15 is 0 Å². The summed E-state index contributed by atoms with van der Waals surface area (Å²) in [7, 11) is 1.42. The molecule has 2 aromatic heterocycles. The van der Waals surface area contributed by atoms with E-state index in [-0.39, 0.29) is 15.9 Å². The van der Waals surface area contributed by atoms with Crippen LogP contribution in [-0.2, 0) is 7.05 Å². The molecule has 2 rings (SSSR count). The van der Waals surface area contributed by atoms with E-state index in [1.165, 1.54) is 7.05 Å². The molecule has 7 nitrogen and oxygen atoms in total. The summed E-state index contributed by atoms with van der Waals surface area (Å²) < 4.78 is 1.79. The summed E-state index contributed by atoms with van der Waals surface area (Å²) in [6.45, 7) is 1.63. The first-order valence-corrected chi connectivity index (χ1v) is 4.76. The fourth-order valence-corrected chi connectivity index (χ4v) is 1.71. The summed E-state index contributed by atoms with van der Waals surface area (Å²) in [5.74, 6) is 0.461. The van der Waals surface area contributed by atoms with Crippen molar-refractivity contribution < 1.29 is 9.90 Å². The molecule has 0 aromatic carbocycles. The van der Waals surface area contributed by atoms with Crippen molar-refractivity contribution in [2.45, 2.75) is 6.92 Å². The first-order valence-electron chi connectivity index (χ1n) is 4.35. The van der Waals surface area contributed by atoms with Crippen LogP contribution in [0.25, 0.3) is 11.2 Å². The Balaban J connectivity index is 3.16. The Bertz CT molecular complexity index is 708. The topological polar surface area (TPSA) is 92.9 Å². The Morgan fingerprint density at radius 2 is 2.19 bits per heavy atom. The zero-order chi connectivity index (χ0) is 12.0. The lowest BCUT2D eigenvalue weighted by Crippen LogP contribution is -2.25. The summed E-state index contributed by atoms with van der Waals surface area (Å²) in [4.78, 5) is 29.5. The van der Waals surface area contributed by atoms with Gasteiger partial charge in [0.05, 0.1) is 0 Å². The van der Waals surface area contributed by atoms with Crippen molar-refractivity contribution in [3.8, 4) is 0 Å². The number of carboxylic acid groups (broad SMARTS) is 1. The summed E-state index contributed by atoms with van der Waals surface area (Å²) in [5.41, 5.74) is -0.216. The maximum atomic E-state index is 11.8. The van der Waals surface area contributed by atoms with Gasteiger partial charge in [-0.3, -0.25) is 9.36 Å². The quantitative estimate of drug-likeness (QED) is 0.659. The first kappa shape index (κ1) is 10.6. The molecule has 0 aliphatic carbocycles. The molecule has 0 aliphatic heterocycles. The van der Waals surface area contributed by atoms with E-state index in [4.69, 9.17) is 17.3 Å². The van der Waals surface area contributed by atoms with Crippen LogP contribution in [0.15, 0.2) is 4.79 Å². The number of nitrogens with one attached hydrogen (secondary N) is 1. The average Bonchev–Trinajstić information content (AvgIpc) is 2.56. The molecule has 0 unspecified atom stereocenters. The van der Waals surface area contributed by atoms with Gasteiger partial charge in [-0.1, -0.05) is 0 Å². The predicted molar refractivity (Wildman–Crippen MR) is 58.3 cm³/mol. The number of H-pyrrole nitrogens is 1. The van der Waals surface area contributed by atoms with Gasteiger partial charge in [-0.15, -0.1) is 0 Å². The Kier molecular flexibility index (Phi) is 2.16. The smallest absolute Gasteiger partial charge is 0.419 e. The maximum Gasteiger partial charge on any atom is 0.419 e. The van der Waals surface area contributed by atoms with Crippen LogP contribution in [-0.4, -0.2) is 30.3 Å². The van der Waals surface area contributed by atoms with Crippen LogP contribution >= 0.6 is 12.2 Å². The van der Waals surface area contributed by atoms with Crippen molar-refractivity contribution in [3.63, 3.8) is 0 Å². The number of hydrogen-bond donors (Lipinski definition) is 2. The van der Waals surface area contributed by atoms with Gasteiger partial charge in [-0.05, 0) is 19.1 Å². The van der Waals surface area contributed by atoms with E-state index < -0.39 is 11.7 Å². The van der Waals surface area contributed by atoms with E-state index in [2.05, 4.69) is 9.97 Å². The third-order valence-electron chi connectivity index (χ3n) is 2.20. The van der Waals surface area contributed by atoms with Gasteiger partial charge in [0, 0.05) is 7.05 Å². The Morgan fingerprint density at radius 3 is 2.75 bits per heavy atom. The molecule has 0 radical (unpaired) electrons. The number of aryl methyl sites for hydroxylation is 1. The van der Waals surface area contributed by atoms with Crippen molar-refractivity contribution in [3.05, 3.63) is 20.9 Å². The van der Waals surface area contributed by atoms with Crippen LogP contribution in [0.5, 0.6) is 0 Å². The van der Waals surface area contributed by atoms with Gasteiger partial charge in [-0.25, -0.2) is 14.3 Å². The van der Waals surface area contributed by atoms with Gasteiger partial charge in [0.25, 0.3) is 5.56 Å². The molecule has 84 valence electrons. The highest BCUT2D eigenvalue weighted by molar-refractivity contribution is 7.71. The minimum atomic E-state index is -1.27. The number of carbonyl (C=O) groups is 1. The van der Waals surface area contributed by atoms with E-state index in [0.717, 1.165) is 9.13 Å². The van der Waals surface area contributed by atoms with Crippen LogP contribution in [0, 0.1) is 11.7 Å². The third kappa shape index (κ3) is 1.27. The second-order valence-electron chi connectivity index (χ2n) is 3.29. The minimum Gasteiger partial charge on any atom is -0.464 e. The van der Waals surface area contributed by atoms with E-state index in [9.17, 15) is 9.59 Å². The number of aromatic nitrogens is 4. The molecule has 0 saturated heterocycles. The summed E-state index contributed by atoms with van der Waals surface area (Å²) in [6.07, 6.45) is -1.27. The molecule has 0 fully saturated rings. The van der Waals surface area contributed by atoms with Crippen molar-refractivity contribution in [2.24, 2.45) is 7.05 Å².